The van der Waals surface area contributed by atoms with Crippen molar-refractivity contribution in [2.45, 2.75) is 19.4 Å². The van der Waals surface area contributed by atoms with E-state index in [0.717, 1.165) is 29.4 Å². The number of nitrogens with one attached hydrogen (secondary N) is 1. The monoisotopic (exact) mass is 347 g/mol. The topological polar surface area (TPSA) is 78.4 Å². The van der Waals surface area contributed by atoms with Crippen molar-refractivity contribution in [3.63, 3.8) is 0 Å². The van der Waals surface area contributed by atoms with Crippen LogP contribution in [-0.2, 0) is 11.3 Å². The lowest BCUT2D eigenvalue weighted by atomic mass is 9.97. The Morgan fingerprint density at radius 2 is 2.12 bits per heavy atom. The highest BCUT2D eigenvalue weighted by atomic mass is 32.1. The molecular formula is C16H21N5O2S. The van der Waals surface area contributed by atoms with E-state index in [1.165, 1.54) is 11.7 Å². The SMILES string of the molecule is CN(C)C(=O)N1CCC[C@@H](C(=O)NCc2ccc3nsnc3c2)C1. The van der Waals surface area contributed by atoms with Gasteiger partial charge in [0.25, 0.3) is 0 Å². The molecule has 0 saturated carbocycles. The van der Waals surface area contributed by atoms with E-state index >= 15 is 0 Å². The molecule has 1 aliphatic rings. The molecule has 1 aliphatic heterocycles. The molecule has 7 nitrogen and oxygen atoms in total. The van der Waals surface area contributed by atoms with Gasteiger partial charge in [-0.1, -0.05) is 6.07 Å². The van der Waals surface area contributed by atoms with Gasteiger partial charge in [0.2, 0.25) is 5.91 Å². The molecule has 128 valence electrons. The predicted octanol–water partition coefficient (Wildman–Crippen LogP) is 1.70. The molecule has 1 aromatic carbocycles. The van der Waals surface area contributed by atoms with Gasteiger partial charge in [0.1, 0.15) is 11.0 Å². The van der Waals surface area contributed by atoms with Crippen molar-refractivity contribution in [3.05, 3.63) is 23.8 Å². The van der Waals surface area contributed by atoms with Gasteiger partial charge in [-0.05, 0) is 30.5 Å². The summed E-state index contributed by atoms with van der Waals surface area (Å²) >= 11 is 1.19. The van der Waals surface area contributed by atoms with Gasteiger partial charge >= 0.3 is 6.03 Å². The number of aromatic nitrogens is 2. The number of carbonyl (C=O) groups excluding carboxylic acids is 2. The van der Waals surface area contributed by atoms with Gasteiger partial charge in [-0.3, -0.25) is 4.79 Å². The van der Waals surface area contributed by atoms with Crippen LogP contribution in [0.5, 0.6) is 0 Å². The summed E-state index contributed by atoms with van der Waals surface area (Å²) in [5.74, 6) is -0.143. The number of fused-ring (bicyclic) bond motifs is 1. The molecule has 2 heterocycles. The van der Waals surface area contributed by atoms with E-state index in [2.05, 4.69) is 14.1 Å². The van der Waals surface area contributed by atoms with Crippen LogP contribution in [0.4, 0.5) is 4.79 Å². The number of carbonyl (C=O) groups is 2. The fourth-order valence-corrected chi connectivity index (χ4v) is 3.44. The second-order valence-electron chi connectivity index (χ2n) is 6.27. The first-order valence-corrected chi connectivity index (χ1v) is 8.73. The van der Waals surface area contributed by atoms with Crippen molar-refractivity contribution in [1.82, 2.24) is 23.9 Å². The number of rotatable bonds is 3. The maximum absolute atomic E-state index is 12.4. The fraction of sp³-hybridized carbons (Fsp3) is 0.500. The van der Waals surface area contributed by atoms with Crippen molar-refractivity contribution >= 4 is 34.7 Å². The molecule has 0 radical (unpaired) electrons. The summed E-state index contributed by atoms with van der Waals surface area (Å²) in [6.07, 6.45) is 1.67. The number of benzene rings is 1. The fourth-order valence-electron chi connectivity index (χ4n) is 2.92. The lowest BCUT2D eigenvalue weighted by Crippen LogP contribution is -2.48. The van der Waals surface area contributed by atoms with E-state index in [1.807, 2.05) is 18.2 Å². The second kappa shape index (κ2) is 7.12. The molecule has 2 aromatic rings. The number of urea groups is 1. The minimum absolute atomic E-state index is 0.00255. The maximum atomic E-state index is 12.4. The summed E-state index contributed by atoms with van der Waals surface area (Å²) in [5, 5.41) is 2.98. The number of nitrogens with zero attached hydrogens (tertiary/aromatic N) is 4. The Morgan fingerprint density at radius 1 is 1.33 bits per heavy atom. The average molecular weight is 347 g/mol. The number of likely N-dealkylation sites (tertiary alicyclic amines) is 1. The Morgan fingerprint density at radius 3 is 2.92 bits per heavy atom. The minimum Gasteiger partial charge on any atom is -0.352 e. The van der Waals surface area contributed by atoms with Crippen LogP contribution in [0.15, 0.2) is 18.2 Å². The van der Waals surface area contributed by atoms with Crippen molar-refractivity contribution in [3.8, 4) is 0 Å². The van der Waals surface area contributed by atoms with E-state index < -0.39 is 0 Å². The van der Waals surface area contributed by atoms with Gasteiger partial charge in [0, 0.05) is 33.7 Å². The summed E-state index contributed by atoms with van der Waals surface area (Å²) in [4.78, 5) is 27.8. The average Bonchev–Trinajstić information content (AvgIpc) is 3.06. The first-order chi connectivity index (χ1) is 11.5. The first-order valence-electron chi connectivity index (χ1n) is 8.00. The molecule has 0 aliphatic carbocycles. The van der Waals surface area contributed by atoms with Crippen LogP contribution in [0.3, 0.4) is 0 Å². The molecular weight excluding hydrogens is 326 g/mol. The maximum Gasteiger partial charge on any atom is 0.319 e. The normalized spacial score (nSPS) is 17.8. The number of amides is 3. The van der Waals surface area contributed by atoms with E-state index in [9.17, 15) is 9.59 Å². The first kappa shape index (κ1) is 16.6. The van der Waals surface area contributed by atoms with E-state index in [0.29, 0.717) is 19.6 Å². The molecule has 24 heavy (non-hydrogen) atoms. The Balaban J connectivity index is 1.57. The van der Waals surface area contributed by atoms with Crippen LogP contribution < -0.4 is 5.32 Å². The third kappa shape index (κ3) is 3.64. The van der Waals surface area contributed by atoms with Gasteiger partial charge in [0.05, 0.1) is 17.6 Å². The highest BCUT2D eigenvalue weighted by molar-refractivity contribution is 7.00. The predicted molar refractivity (Wildman–Crippen MR) is 92.6 cm³/mol. The zero-order chi connectivity index (χ0) is 17.1. The quantitative estimate of drug-likeness (QED) is 0.917. The van der Waals surface area contributed by atoms with Crippen LogP contribution in [-0.4, -0.2) is 57.7 Å². The third-order valence-corrected chi connectivity index (χ3v) is 4.79. The largest absolute Gasteiger partial charge is 0.352 e. The van der Waals surface area contributed by atoms with Gasteiger partial charge in [-0.25, -0.2) is 4.79 Å². The van der Waals surface area contributed by atoms with Crippen LogP contribution in [0.2, 0.25) is 0 Å². The summed E-state index contributed by atoms with van der Waals surface area (Å²) < 4.78 is 8.38. The smallest absolute Gasteiger partial charge is 0.319 e. The molecule has 3 rings (SSSR count). The number of piperidine rings is 1. The summed E-state index contributed by atoms with van der Waals surface area (Å²) in [6.45, 7) is 1.66. The van der Waals surface area contributed by atoms with Gasteiger partial charge in [-0.15, -0.1) is 0 Å². The molecule has 1 fully saturated rings. The van der Waals surface area contributed by atoms with E-state index in [4.69, 9.17) is 0 Å². The summed E-state index contributed by atoms with van der Waals surface area (Å²) in [5.41, 5.74) is 2.73. The highest BCUT2D eigenvalue weighted by Gasteiger charge is 2.28. The third-order valence-electron chi connectivity index (χ3n) is 4.23. The molecule has 1 atom stereocenters. The highest BCUT2D eigenvalue weighted by Crippen LogP contribution is 2.18. The molecule has 3 amide bonds. The van der Waals surface area contributed by atoms with Crippen LogP contribution in [0, 0.1) is 5.92 Å². The number of hydrogen-bond donors (Lipinski definition) is 1. The van der Waals surface area contributed by atoms with E-state index in [-0.39, 0.29) is 17.9 Å². The Labute approximate surface area is 145 Å². The van der Waals surface area contributed by atoms with E-state index in [1.54, 1.807) is 23.9 Å². The molecule has 1 aromatic heterocycles. The second-order valence-corrected chi connectivity index (χ2v) is 6.80. The molecule has 8 heteroatoms. The van der Waals surface area contributed by atoms with Crippen molar-refractivity contribution in [2.24, 2.45) is 5.92 Å². The molecule has 0 spiro atoms. The molecule has 1 N–H and O–H groups in total. The minimum atomic E-state index is -0.146. The van der Waals surface area contributed by atoms with Crippen molar-refractivity contribution in [1.29, 1.82) is 0 Å². The van der Waals surface area contributed by atoms with Crippen LogP contribution >= 0.6 is 11.7 Å². The Bertz CT molecular complexity index is 745. The van der Waals surface area contributed by atoms with Gasteiger partial charge in [-0.2, -0.15) is 8.75 Å². The van der Waals surface area contributed by atoms with Crippen molar-refractivity contribution < 1.29 is 9.59 Å². The molecule has 0 unspecified atom stereocenters. The van der Waals surface area contributed by atoms with Gasteiger partial charge < -0.3 is 15.1 Å². The summed E-state index contributed by atoms with van der Waals surface area (Å²) in [6, 6.07) is 5.78. The molecule has 0 bridgehead atoms. The van der Waals surface area contributed by atoms with Crippen LogP contribution in [0.1, 0.15) is 18.4 Å². The Hall–Kier alpha value is -2.22. The zero-order valence-electron chi connectivity index (χ0n) is 13.9. The lowest BCUT2D eigenvalue weighted by Gasteiger charge is -2.33. The Kier molecular flexibility index (Phi) is 4.94. The number of hydrogen-bond acceptors (Lipinski definition) is 5. The standard InChI is InChI=1S/C16H21N5O2S/c1-20(2)16(23)21-7-3-4-12(10-21)15(22)17-9-11-5-6-13-14(8-11)19-24-18-13/h5-6,8,12H,3-4,7,9-10H2,1-2H3,(H,17,22)/t12-/m1/s1. The summed E-state index contributed by atoms with van der Waals surface area (Å²) in [7, 11) is 3.46. The molecule has 1 saturated heterocycles. The lowest BCUT2D eigenvalue weighted by molar-refractivity contribution is -0.126. The zero-order valence-corrected chi connectivity index (χ0v) is 14.7. The van der Waals surface area contributed by atoms with Crippen LogP contribution in [0.25, 0.3) is 11.0 Å². The van der Waals surface area contributed by atoms with Crippen molar-refractivity contribution in [2.75, 3.05) is 27.2 Å². The van der Waals surface area contributed by atoms with Gasteiger partial charge in [0.15, 0.2) is 0 Å².